The topological polar surface area (TPSA) is 50.8 Å². The van der Waals surface area contributed by atoms with Crippen LogP contribution < -0.4 is 4.74 Å². The number of rotatable bonds is 1. The predicted molar refractivity (Wildman–Crippen MR) is 68.0 cm³/mol. The molecule has 0 atom stereocenters. The fourth-order valence-electron chi connectivity index (χ4n) is 1.85. The lowest BCUT2D eigenvalue weighted by molar-refractivity contribution is 0.415. The molecule has 0 saturated heterocycles. The van der Waals surface area contributed by atoms with Gasteiger partial charge in [-0.1, -0.05) is 23.2 Å². The van der Waals surface area contributed by atoms with Crippen LogP contribution in [0.25, 0.3) is 21.8 Å². The third-order valence-electron chi connectivity index (χ3n) is 2.64. The Labute approximate surface area is 106 Å². The quantitative estimate of drug-likeness (QED) is 0.735. The van der Waals surface area contributed by atoms with Crippen molar-refractivity contribution < 1.29 is 4.74 Å². The smallest absolute Gasteiger partial charge is 0.175 e. The summed E-state index contributed by atoms with van der Waals surface area (Å²) < 4.78 is 5.18. The lowest BCUT2D eigenvalue weighted by Gasteiger charge is -1.99. The molecule has 3 rings (SSSR count). The average Bonchev–Trinajstić information content (AvgIpc) is 2.73. The van der Waals surface area contributed by atoms with Gasteiger partial charge in [-0.3, -0.25) is 0 Å². The first kappa shape index (κ1) is 10.6. The van der Waals surface area contributed by atoms with E-state index in [1.165, 1.54) is 0 Å². The van der Waals surface area contributed by atoms with Crippen LogP contribution in [0.4, 0.5) is 0 Å². The minimum Gasteiger partial charge on any atom is -0.497 e. The molecule has 0 aliphatic heterocycles. The van der Waals surface area contributed by atoms with Gasteiger partial charge < -0.3 is 9.72 Å². The molecule has 0 bridgehead atoms. The highest BCUT2D eigenvalue weighted by Crippen LogP contribution is 2.34. The van der Waals surface area contributed by atoms with Crippen LogP contribution in [0.1, 0.15) is 0 Å². The Morgan fingerprint density at radius 2 is 1.94 bits per heavy atom. The SMILES string of the molecule is COc1ccc2[nH]c3c(Cl)nnc(Cl)c3c2c1. The van der Waals surface area contributed by atoms with Crippen molar-refractivity contribution in [1.29, 1.82) is 0 Å². The molecule has 0 unspecified atom stereocenters. The van der Waals surface area contributed by atoms with E-state index in [4.69, 9.17) is 27.9 Å². The van der Waals surface area contributed by atoms with Crippen LogP contribution in [0.15, 0.2) is 18.2 Å². The second-order valence-corrected chi connectivity index (χ2v) is 4.28. The number of nitrogens with zero attached hydrogens (tertiary/aromatic N) is 2. The number of ether oxygens (including phenoxy) is 1. The Hall–Kier alpha value is -1.52. The number of H-pyrrole nitrogens is 1. The number of nitrogens with one attached hydrogen (secondary N) is 1. The van der Waals surface area contributed by atoms with Crippen LogP contribution in [0.5, 0.6) is 5.75 Å². The van der Waals surface area contributed by atoms with E-state index >= 15 is 0 Å². The fraction of sp³-hybridized carbons (Fsp3) is 0.0909. The predicted octanol–water partition coefficient (Wildman–Crippen LogP) is 3.43. The summed E-state index contributed by atoms with van der Waals surface area (Å²) in [5.74, 6) is 0.752. The van der Waals surface area contributed by atoms with Crippen LogP contribution in [0, 0.1) is 0 Å². The molecular formula is C11H7Cl2N3O. The van der Waals surface area contributed by atoms with Crippen LogP contribution in [0.3, 0.4) is 0 Å². The number of aromatic amines is 1. The molecule has 0 saturated carbocycles. The van der Waals surface area contributed by atoms with Crippen molar-refractivity contribution in [2.75, 3.05) is 7.11 Å². The maximum absolute atomic E-state index is 6.05. The Morgan fingerprint density at radius 1 is 1.18 bits per heavy atom. The first-order valence-electron chi connectivity index (χ1n) is 4.88. The van der Waals surface area contributed by atoms with Gasteiger partial charge in [-0.25, -0.2) is 0 Å². The first-order chi connectivity index (χ1) is 8.20. The second-order valence-electron chi connectivity index (χ2n) is 3.57. The molecule has 0 aliphatic carbocycles. The van der Waals surface area contributed by atoms with Gasteiger partial charge in [0.1, 0.15) is 5.75 Å². The molecule has 2 aromatic heterocycles. The first-order valence-corrected chi connectivity index (χ1v) is 5.63. The number of halogens is 2. The normalized spacial score (nSPS) is 11.2. The van der Waals surface area contributed by atoms with Gasteiger partial charge in [0.15, 0.2) is 10.3 Å². The standard InChI is InChI=1S/C11H7Cl2N3O/c1-17-5-2-3-7-6(4-5)8-9(14-7)11(13)16-15-10(8)12/h2-4,14H,1H3. The van der Waals surface area contributed by atoms with E-state index in [2.05, 4.69) is 15.2 Å². The van der Waals surface area contributed by atoms with E-state index in [1.807, 2.05) is 18.2 Å². The van der Waals surface area contributed by atoms with Crippen molar-refractivity contribution in [2.45, 2.75) is 0 Å². The van der Waals surface area contributed by atoms with Gasteiger partial charge in [0.2, 0.25) is 0 Å². The molecule has 4 nitrogen and oxygen atoms in total. The van der Waals surface area contributed by atoms with Crippen LogP contribution in [-0.2, 0) is 0 Å². The summed E-state index contributed by atoms with van der Waals surface area (Å²) in [7, 11) is 1.62. The minimum absolute atomic E-state index is 0.305. The zero-order valence-electron chi connectivity index (χ0n) is 8.79. The van der Waals surface area contributed by atoms with Crippen molar-refractivity contribution in [3.8, 4) is 5.75 Å². The highest BCUT2D eigenvalue weighted by atomic mass is 35.5. The van der Waals surface area contributed by atoms with Gasteiger partial charge in [0, 0.05) is 16.3 Å². The molecule has 0 aliphatic rings. The Kier molecular flexibility index (Phi) is 2.34. The number of fused-ring (bicyclic) bond motifs is 3. The molecule has 17 heavy (non-hydrogen) atoms. The second kappa shape index (κ2) is 3.75. The molecule has 0 radical (unpaired) electrons. The Bertz CT molecular complexity index is 723. The highest BCUT2D eigenvalue weighted by molar-refractivity contribution is 6.40. The van der Waals surface area contributed by atoms with Gasteiger partial charge in [-0.05, 0) is 18.2 Å². The maximum atomic E-state index is 6.05. The molecule has 0 fully saturated rings. The van der Waals surface area contributed by atoms with Crippen molar-refractivity contribution in [1.82, 2.24) is 15.2 Å². The van der Waals surface area contributed by atoms with Gasteiger partial charge in [0.05, 0.1) is 12.6 Å². The van der Waals surface area contributed by atoms with Crippen molar-refractivity contribution >= 4 is 45.0 Å². The molecule has 0 spiro atoms. The highest BCUT2D eigenvalue weighted by Gasteiger charge is 2.13. The molecule has 1 aromatic carbocycles. The van der Waals surface area contributed by atoms with Gasteiger partial charge >= 0.3 is 0 Å². The summed E-state index contributed by atoms with van der Waals surface area (Å²) in [6.07, 6.45) is 0. The number of aromatic nitrogens is 3. The number of hydrogen-bond acceptors (Lipinski definition) is 3. The number of benzene rings is 1. The third kappa shape index (κ3) is 1.52. The summed E-state index contributed by atoms with van der Waals surface area (Å²) in [5, 5.41) is 9.88. The minimum atomic E-state index is 0.305. The van der Waals surface area contributed by atoms with Gasteiger partial charge in [-0.15, -0.1) is 10.2 Å². The zero-order valence-corrected chi connectivity index (χ0v) is 10.3. The molecule has 0 amide bonds. The molecular weight excluding hydrogens is 261 g/mol. The van der Waals surface area contributed by atoms with E-state index in [9.17, 15) is 0 Å². The molecule has 2 heterocycles. The summed E-state index contributed by atoms with van der Waals surface area (Å²) in [5.41, 5.74) is 1.61. The van der Waals surface area contributed by atoms with E-state index in [0.717, 1.165) is 22.0 Å². The zero-order chi connectivity index (χ0) is 12.0. The van der Waals surface area contributed by atoms with Crippen LogP contribution >= 0.6 is 23.2 Å². The van der Waals surface area contributed by atoms with Crippen molar-refractivity contribution in [2.24, 2.45) is 0 Å². The fourth-order valence-corrected chi connectivity index (χ4v) is 2.27. The monoisotopic (exact) mass is 267 g/mol. The van der Waals surface area contributed by atoms with Crippen LogP contribution in [-0.4, -0.2) is 22.3 Å². The van der Waals surface area contributed by atoms with E-state index in [1.54, 1.807) is 7.11 Å². The van der Waals surface area contributed by atoms with Gasteiger partial charge in [0.25, 0.3) is 0 Å². The van der Waals surface area contributed by atoms with E-state index in [-0.39, 0.29) is 0 Å². The van der Waals surface area contributed by atoms with E-state index < -0.39 is 0 Å². The Balaban J connectivity index is 2.52. The largest absolute Gasteiger partial charge is 0.497 e. The van der Waals surface area contributed by atoms with Crippen molar-refractivity contribution in [3.63, 3.8) is 0 Å². The summed E-state index contributed by atoms with van der Waals surface area (Å²) in [6.45, 7) is 0. The van der Waals surface area contributed by atoms with Crippen LogP contribution in [0.2, 0.25) is 10.3 Å². The van der Waals surface area contributed by atoms with Crippen molar-refractivity contribution in [3.05, 3.63) is 28.5 Å². The lowest BCUT2D eigenvalue weighted by Crippen LogP contribution is -1.84. The van der Waals surface area contributed by atoms with E-state index in [0.29, 0.717) is 15.8 Å². The van der Waals surface area contributed by atoms with Gasteiger partial charge in [-0.2, -0.15) is 0 Å². The third-order valence-corrected chi connectivity index (χ3v) is 3.17. The molecule has 6 heteroatoms. The average molecular weight is 268 g/mol. The summed E-state index contributed by atoms with van der Waals surface area (Å²) in [6, 6.07) is 5.65. The summed E-state index contributed by atoms with van der Waals surface area (Å²) >= 11 is 12.0. The Morgan fingerprint density at radius 3 is 2.71 bits per heavy atom. The number of hydrogen-bond donors (Lipinski definition) is 1. The molecule has 1 N–H and O–H groups in total. The summed E-state index contributed by atoms with van der Waals surface area (Å²) in [4.78, 5) is 3.16. The molecule has 86 valence electrons. The lowest BCUT2D eigenvalue weighted by atomic mass is 10.2. The molecule has 3 aromatic rings. The number of methoxy groups -OCH3 is 1. The maximum Gasteiger partial charge on any atom is 0.175 e.